The molecule has 0 spiro atoms. The number of nitrogen functional groups attached to an aromatic ring is 1. The van der Waals surface area contributed by atoms with E-state index in [0.29, 0.717) is 17.0 Å². The Bertz CT molecular complexity index is 406. The van der Waals surface area contributed by atoms with Gasteiger partial charge in [-0.05, 0) is 12.1 Å². The van der Waals surface area contributed by atoms with Crippen LogP contribution in [0.15, 0.2) is 22.8 Å². The Kier molecular flexibility index (Phi) is 1.43. The van der Waals surface area contributed by atoms with E-state index in [4.69, 9.17) is 14.9 Å². The van der Waals surface area contributed by atoms with Crippen LogP contribution in [0.4, 0.5) is 5.69 Å². The molecule has 0 unspecified atom stereocenters. The zero-order valence-corrected chi connectivity index (χ0v) is 6.63. The third kappa shape index (κ3) is 0.830. The number of hydrogen-bond acceptors (Lipinski definition) is 3. The Morgan fingerprint density at radius 3 is 3.08 bits per heavy atom. The van der Waals surface area contributed by atoms with E-state index in [1.807, 2.05) is 6.07 Å². The lowest BCUT2D eigenvalue weighted by Crippen LogP contribution is -1.91. The van der Waals surface area contributed by atoms with Crippen LogP contribution in [0.2, 0.25) is 0 Å². The molecule has 2 N–H and O–H groups in total. The van der Waals surface area contributed by atoms with Gasteiger partial charge < -0.3 is 14.9 Å². The molecule has 12 heavy (non-hydrogen) atoms. The number of benzene rings is 1. The van der Waals surface area contributed by atoms with E-state index in [1.165, 1.54) is 6.26 Å². The monoisotopic (exact) mass is 162 g/mol. The largest absolute Gasteiger partial charge is 0.494 e. The number of methoxy groups -OCH3 is 1. The normalized spacial score (nSPS) is 10.4. The molecule has 0 fully saturated rings. The second-order valence-corrected chi connectivity index (χ2v) is 2.44. The zero-order valence-electron chi connectivity index (χ0n) is 6.63. The molecule has 0 aliphatic carbocycles. The molecule has 1 aromatic carbocycles. The van der Waals surface area contributed by atoms with E-state index in [-0.39, 0.29) is 0 Å². The van der Waals surface area contributed by atoms with Crippen molar-refractivity contribution in [2.45, 2.75) is 0 Å². The fourth-order valence-corrected chi connectivity index (χ4v) is 1.15. The Balaban J connectivity index is 2.78. The summed E-state index contributed by atoms with van der Waals surface area (Å²) < 4.78 is 10.2. The van der Waals surface area contributed by atoms with Crippen LogP contribution >= 0.6 is 0 Å². The molecule has 0 saturated heterocycles. The van der Waals surface area contributed by atoms with Crippen LogP contribution < -0.4 is 10.5 Å². The van der Waals surface area contributed by atoms with Gasteiger partial charge in [-0.3, -0.25) is 0 Å². The van der Waals surface area contributed by atoms with Gasteiger partial charge in [0.15, 0.2) is 5.58 Å². The van der Waals surface area contributed by atoms with E-state index in [0.717, 1.165) is 5.39 Å². The molecule has 61 valence electrons. The van der Waals surface area contributed by atoms with Gasteiger partial charge in [-0.25, -0.2) is 0 Å². The predicted octanol–water partition coefficient (Wildman–Crippen LogP) is 1.82. The second kappa shape index (κ2) is 2.44. The van der Waals surface area contributed by atoms with Crippen molar-refractivity contribution in [2.24, 2.45) is 0 Å². The second-order valence-electron chi connectivity index (χ2n) is 2.44. The first-order valence-corrected chi connectivity index (χ1v) is 3.54. The molecule has 1 radical (unpaired) electrons. The third-order valence-electron chi connectivity index (χ3n) is 1.77. The molecule has 0 saturated carbocycles. The first kappa shape index (κ1) is 7.03. The number of hydrogen-bond donors (Lipinski definition) is 1. The molecule has 0 amide bonds. The van der Waals surface area contributed by atoms with Crippen molar-refractivity contribution < 1.29 is 9.15 Å². The average molecular weight is 162 g/mol. The van der Waals surface area contributed by atoms with Crippen molar-refractivity contribution in [1.82, 2.24) is 0 Å². The summed E-state index contributed by atoms with van der Waals surface area (Å²) in [6.07, 6.45) is 1.49. The van der Waals surface area contributed by atoms with Crippen molar-refractivity contribution in [3.05, 3.63) is 24.5 Å². The minimum atomic E-state index is 0.524. The highest BCUT2D eigenvalue weighted by Crippen LogP contribution is 2.30. The van der Waals surface area contributed by atoms with Crippen LogP contribution in [0.25, 0.3) is 11.0 Å². The summed E-state index contributed by atoms with van der Waals surface area (Å²) in [7, 11) is 1.57. The number of anilines is 1. The van der Waals surface area contributed by atoms with Gasteiger partial charge in [0.05, 0.1) is 13.4 Å². The Morgan fingerprint density at radius 1 is 1.50 bits per heavy atom. The minimum Gasteiger partial charge on any atom is -0.494 e. The van der Waals surface area contributed by atoms with Gasteiger partial charge in [-0.2, -0.15) is 0 Å². The number of rotatable bonds is 1. The zero-order chi connectivity index (χ0) is 8.55. The van der Waals surface area contributed by atoms with Crippen molar-refractivity contribution in [3.8, 4) is 5.75 Å². The Hall–Kier alpha value is -1.64. The van der Waals surface area contributed by atoms with E-state index in [1.54, 1.807) is 13.2 Å². The molecule has 1 heterocycles. The lowest BCUT2D eigenvalue weighted by Gasteiger charge is -2.02. The topological polar surface area (TPSA) is 48.4 Å². The van der Waals surface area contributed by atoms with Gasteiger partial charge in [0.2, 0.25) is 0 Å². The molecule has 2 rings (SSSR count). The molecule has 0 atom stereocenters. The maximum absolute atomic E-state index is 5.74. The molecule has 1 aromatic heterocycles. The number of fused-ring (bicyclic) bond motifs is 1. The summed E-state index contributed by atoms with van der Waals surface area (Å²) in [5.41, 5.74) is 6.89. The molecule has 2 aromatic rings. The van der Waals surface area contributed by atoms with E-state index in [9.17, 15) is 0 Å². The highest BCUT2D eigenvalue weighted by Gasteiger charge is 2.06. The molecule has 0 aliphatic heterocycles. The van der Waals surface area contributed by atoms with Crippen LogP contribution in [0.3, 0.4) is 0 Å². The maximum Gasteiger partial charge on any atom is 0.161 e. The number of furan rings is 1. The number of ether oxygens (including phenoxy) is 1. The van der Waals surface area contributed by atoms with Crippen LogP contribution in [0, 0.1) is 6.07 Å². The van der Waals surface area contributed by atoms with Gasteiger partial charge in [0.1, 0.15) is 11.4 Å². The SMILES string of the molecule is COc1ccc2[c]coc2c1N. The third-order valence-corrected chi connectivity index (χ3v) is 1.77. The van der Waals surface area contributed by atoms with Gasteiger partial charge in [-0.1, -0.05) is 0 Å². The fraction of sp³-hybridized carbons (Fsp3) is 0.111. The first-order valence-electron chi connectivity index (χ1n) is 3.54. The highest BCUT2D eigenvalue weighted by atomic mass is 16.5. The summed E-state index contributed by atoms with van der Waals surface area (Å²) in [6, 6.07) is 6.56. The maximum atomic E-state index is 5.74. The van der Waals surface area contributed by atoms with Crippen LogP contribution in [-0.4, -0.2) is 7.11 Å². The predicted molar refractivity (Wildman–Crippen MR) is 46.0 cm³/mol. The lowest BCUT2D eigenvalue weighted by molar-refractivity contribution is 0.417. The van der Waals surface area contributed by atoms with Crippen molar-refractivity contribution in [2.75, 3.05) is 12.8 Å². The van der Waals surface area contributed by atoms with Crippen molar-refractivity contribution in [1.29, 1.82) is 0 Å². The van der Waals surface area contributed by atoms with E-state index >= 15 is 0 Å². The average Bonchev–Trinajstić information content (AvgIpc) is 2.53. The smallest absolute Gasteiger partial charge is 0.161 e. The quantitative estimate of drug-likeness (QED) is 0.650. The fourth-order valence-electron chi connectivity index (χ4n) is 1.15. The van der Waals surface area contributed by atoms with Crippen LogP contribution in [-0.2, 0) is 0 Å². The molecule has 3 nitrogen and oxygen atoms in total. The summed E-state index contributed by atoms with van der Waals surface area (Å²) >= 11 is 0. The van der Waals surface area contributed by atoms with Crippen LogP contribution in [0.1, 0.15) is 0 Å². The highest BCUT2D eigenvalue weighted by molar-refractivity contribution is 5.90. The lowest BCUT2D eigenvalue weighted by atomic mass is 10.2. The Labute approximate surface area is 69.7 Å². The number of nitrogens with two attached hydrogens (primary N) is 1. The van der Waals surface area contributed by atoms with Gasteiger partial charge in [-0.15, -0.1) is 0 Å². The molecular formula is C9H8NO2. The summed E-state index contributed by atoms with van der Waals surface area (Å²) in [4.78, 5) is 0. The molecule has 0 bridgehead atoms. The Morgan fingerprint density at radius 2 is 2.33 bits per heavy atom. The molecule has 0 aliphatic rings. The van der Waals surface area contributed by atoms with Gasteiger partial charge >= 0.3 is 0 Å². The van der Waals surface area contributed by atoms with Crippen LogP contribution in [0.5, 0.6) is 5.75 Å². The molecule has 3 heteroatoms. The van der Waals surface area contributed by atoms with Gasteiger partial charge in [0, 0.05) is 11.5 Å². The summed E-state index contributed by atoms with van der Waals surface area (Å²) in [6.45, 7) is 0. The van der Waals surface area contributed by atoms with E-state index < -0.39 is 0 Å². The van der Waals surface area contributed by atoms with Gasteiger partial charge in [0.25, 0.3) is 0 Å². The summed E-state index contributed by atoms with van der Waals surface area (Å²) in [5, 5.41) is 0.869. The van der Waals surface area contributed by atoms with Crippen molar-refractivity contribution >= 4 is 16.7 Å². The van der Waals surface area contributed by atoms with E-state index in [2.05, 4.69) is 6.07 Å². The first-order chi connectivity index (χ1) is 5.83. The molecular weight excluding hydrogens is 154 g/mol. The minimum absolute atomic E-state index is 0.524. The van der Waals surface area contributed by atoms with Crippen molar-refractivity contribution in [3.63, 3.8) is 0 Å². The standard InChI is InChI=1S/C9H8NO2/c1-11-7-3-2-6-4-5-12-9(6)8(7)10/h2-3,5H,10H2,1H3. The summed E-state index contributed by atoms with van der Waals surface area (Å²) in [5.74, 6) is 0.630.